The van der Waals surface area contributed by atoms with E-state index in [9.17, 15) is 0 Å². The van der Waals surface area contributed by atoms with E-state index < -0.39 is 0 Å². The van der Waals surface area contributed by atoms with Crippen LogP contribution in [0.1, 0.15) is 37.5 Å². The molecule has 5 nitrogen and oxygen atoms in total. The van der Waals surface area contributed by atoms with Gasteiger partial charge in [0.15, 0.2) is 0 Å². The average molecular weight is 323 g/mol. The van der Waals surface area contributed by atoms with E-state index in [0.717, 1.165) is 30.2 Å². The second kappa shape index (κ2) is 5.38. The summed E-state index contributed by atoms with van der Waals surface area (Å²) in [5.41, 5.74) is 6.62. The van der Waals surface area contributed by atoms with Crippen molar-refractivity contribution in [3.05, 3.63) is 28.7 Å². The number of halogens is 1. The van der Waals surface area contributed by atoms with Gasteiger partial charge in [0.05, 0.1) is 0 Å². The van der Waals surface area contributed by atoms with Crippen molar-refractivity contribution >= 4 is 15.9 Å². The van der Waals surface area contributed by atoms with Crippen molar-refractivity contribution in [1.29, 1.82) is 0 Å². The number of pyridine rings is 1. The SMILES string of the molecule is NC1CCC(c2nc(-c3ncccc3Br)no2)CC1. The molecule has 2 N–H and O–H groups in total. The first-order valence-corrected chi connectivity index (χ1v) is 7.23. The Labute approximate surface area is 119 Å². The molecule has 0 unspecified atom stereocenters. The standard InChI is InChI=1S/C13H15BrN4O/c14-10-2-1-7-16-11(10)12-17-13(19-18-12)8-3-5-9(15)6-4-8/h1-2,7-9H,3-6,15H2. The monoisotopic (exact) mass is 322 g/mol. The molecule has 1 saturated carbocycles. The topological polar surface area (TPSA) is 77.8 Å². The van der Waals surface area contributed by atoms with Crippen LogP contribution in [-0.2, 0) is 0 Å². The Morgan fingerprint density at radius 2 is 2.05 bits per heavy atom. The molecule has 100 valence electrons. The molecule has 0 bridgehead atoms. The molecule has 0 atom stereocenters. The predicted octanol–water partition coefficient (Wildman–Crippen LogP) is 2.88. The van der Waals surface area contributed by atoms with E-state index in [1.54, 1.807) is 6.20 Å². The largest absolute Gasteiger partial charge is 0.339 e. The van der Waals surface area contributed by atoms with Crippen LogP contribution in [0.4, 0.5) is 0 Å². The Hall–Kier alpha value is -1.27. The van der Waals surface area contributed by atoms with Gasteiger partial charge < -0.3 is 10.3 Å². The van der Waals surface area contributed by atoms with E-state index in [4.69, 9.17) is 10.3 Å². The molecule has 0 aromatic carbocycles. The van der Waals surface area contributed by atoms with Crippen LogP contribution in [0.2, 0.25) is 0 Å². The molecular weight excluding hydrogens is 308 g/mol. The number of hydrogen-bond acceptors (Lipinski definition) is 5. The normalized spacial score (nSPS) is 23.5. The van der Waals surface area contributed by atoms with Crippen LogP contribution in [0.3, 0.4) is 0 Å². The number of rotatable bonds is 2. The van der Waals surface area contributed by atoms with Gasteiger partial charge in [0.2, 0.25) is 11.7 Å². The molecular formula is C13H15BrN4O. The van der Waals surface area contributed by atoms with E-state index in [-0.39, 0.29) is 0 Å². The molecule has 1 fully saturated rings. The van der Waals surface area contributed by atoms with E-state index >= 15 is 0 Å². The van der Waals surface area contributed by atoms with Gasteiger partial charge in [0.1, 0.15) is 5.69 Å². The summed E-state index contributed by atoms with van der Waals surface area (Å²) in [6, 6.07) is 4.10. The first kappa shape index (κ1) is 12.7. The first-order valence-electron chi connectivity index (χ1n) is 6.44. The van der Waals surface area contributed by atoms with Crippen LogP contribution < -0.4 is 5.73 Å². The fourth-order valence-electron chi connectivity index (χ4n) is 2.41. The van der Waals surface area contributed by atoms with Crippen molar-refractivity contribution in [3.63, 3.8) is 0 Å². The summed E-state index contributed by atoms with van der Waals surface area (Å²) in [4.78, 5) is 8.75. The molecule has 2 aromatic rings. The van der Waals surface area contributed by atoms with E-state index in [1.807, 2.05) is 12.1 Å². The van der Waals surface area contributed by atoms with Crippen LogP contribution in [0.5, 0.6) is 0 Å². The number of aromatic nitrogens is 3. The van der Waals surface area contributed by atoms with Crippen LogP contribution in [0, 0.1) is 0 Å². The summed E-state index contributed by atoms with van der Waals surface area (Å²) in [6.45, 7) is 0. The van der Waals surface area contributed by atoms with Gasteiger partial charge in [-0.2, -0.15) is 4.98 Å². The van der Waals surface area contributed by atoms with Crippen molar-refractivity contribution in [2.45, 2.75) is 37.6 Å². The molecule has 1 aliphatic rings. The van der Waals surface area contributed by atoms with E-state index in [1.165, 1.54) is 0 Å². The van der Waals surface area contributed by atoms with Gasteiger partial charge in [-0.1, -0.05) is 5.16 Å². The van der Waals surface area contributed by atoms with Crippen molar-refractivity contribution < 1.29 is 4.52 Å². The third-order valence-corrected chi connectivity index (χ3v) is 4.17. The first-order chi connectivity index (χ1) is 9.24. The summed E-state index contributed by atoms with van der Waals surface area (Å²) in [6.07, 6.45) is 5.81. The Balaban J connectivity index is 1.82. The summed E-state index contributed by atoms with van der Waals surface area (Å²) in [7, 11) is 0. The fraction of sp³-hybridized carbons (Fsp3) is 0.462. The minimum absolute atomic E-state index is 0.323. The zero-order valence-corrected chi connectivity index (χ0v) is 12.0. The maximum absolute atomic E-state index is 5.91. The minimum Gasteiger partial charge on any atom is -0.339 e. The van der Waals surface area contributed by atoms with Gasteiger partial charge in [-0.05, 0) is 53.7 Å². The van der Waals surface area contributed by atoms with Gasteiger partial charge in [0.25, 0.3) is 0 Å². The van der Waals surface area contributed by atoms with Crippen LogP contribution in [-0.4, -0.2) is 21.2 Å². The Bertz CT molecular complexity index is 563. The molecule has 1 aliphatic carbocycles. The third-order valence-electron chi connectivity index (χ3n) is 3.53. The summed E-state index contributed by atoms with van der Waals surface area (Å²) >= 11 is 3.45. The van der Waals surface area contributed by atoms with Crippen molar-refractivity contribution in [2.75, 3.05) is 0 Å². The molecule has 2 aromatic heterocycles. The maximum atomic E-state index is 5.91. The van der Waals surface area contributed by atoms with Crippen molar-refractivity contribution in [2.24, 2.45) is 5.73 Å². The number of nitrogens with two attached hydrogens (primary N) is 1. The van der Waals surface area contributed by atoms with Crippen LogP contribution >= 0.6 is 15.9 Å². The average Bonchev–Trinajstić information content (AvgIpc) is 2.89. The highest BCUT2D eigenvalue weighted by Crippen LogP contribution is 2.32. The molecule has 0 radical (unpaired) electrons. The molecule has 19 heavy (non-hydrogen) atoms. The Kier molecular flexibility index (Phi) is 3.61. The lowest BCUT2D eigenvalue weighted by atomic mass is 9.86. The number of hydrogen-bond donors (Lipinski definition) is 1. The Morgan fingerprint density at radius 1 is 1.26 bits per heavy atom. The van der Waals surface area contributed by atoms with Crippen molar-refractivity contribution in [1.82, 2.24) is 15.1 Å². The summed E-state index contributed by atoms with van der Waals surface area (Å²) < 4.78 is 6.25. The highest BCUT2D eigenvalue weighted by Gasteiger charge is 2.25. The molecule has 0 saturated heterocycles. The van der Waals surface area contributed by atoms with E-state index in [0.29, 0.717) is 29.4 Å². The molecule has 0 amide bonds. The lowest BCUT2D eigenvalue weighted by molar-refractivity contribution is 0.301. The zero-order chi connectivity index (χ0) is 13.2. The molecule has 6 heteroatoms. The smallest absolute Gasteiger partial charge is 0.230 e. The third kappa shape index (κ3) is 2.69. The van der Waals surface area contributed by atoms with Crippen LogP contribution in [0.15, 0.2) is 27.3 Å². The van der Waals surface area contributed by atoms with Gasteiger partial charge in [-0.3, -0.25) is 4.98 Å². The highest BCUT2D eigenvalue weighted by molar-refractivity contribution is 9.10. The minimum atomic E-state index is 0.323. The van der Waals surface area contributed by atoms with Crippen molar-refractivity contribution in [3.8, 4) is 11.5 Å². The van der Waals surface area contributed by atoms with Gasteiger partial charge in [-0.25, -0.2) is 0 Å². The quantitative estimate of drug-likeness (QED) is 0.919. The lowest BCUT2D eigenvalue weighted by Crippen LogP contribution is -2.25. The van der Waals surface area contributed by atoms with Gasteiger partial charge in [0, 0.05) is 22.6 Å². The second-order valence-corrected chi connectivity index (χ2v) is 5.76. The molecule has 0 aliphatic heterocycles. The lowest BCUT2D eigenvalue weighted by Gasteiger charge is -2.22. The van der Waals surface area contributed by atoms with Crippen LogP contribution in [0.25, 0.3) is 11.5 Å². The maximum Gasteiger partial charge on any atom is 0.230 e. The predicted molar refractivity (Wildman–Crippen MR) is 74.4 cm³/mol. The summed E-state index contributed by atoms with van der Waals surface area (Å²) in [5, 5.41) is 4.03. The molecule has 2 heterocycles. The van der Waals surface area contributed by atoms with Gasteiger partial charge in [-0.15, -0.1) is 0 Å². The summed E-state index contributed by atoms with van der Waals surface area (Å²) in [5.74, 6) is 1.58. The highest BCUT2D eigenvalue weighted by atomic mass is 79.9. The molecule has 0 spiro atoms. The molecule has 3 rings (SSSR count). The van der Waals surface area contributed by atoms with E-state index in [2.05, 4.69) is 31.1 Å². The zero-order valence-electron chi connectivity index (χ0n) is 10.4. The second-order valence-electron chi connectivity index (χ2n) is 4.90. The Morgan fingerprint density at radius 3 is 2.79 bits per heavy atom. The fourth-order valence-corrected chi connectivity index (χ4v) is 2.85. The number of nitrogens with zero attached hydrogens (tertiary/aromatic N) is 3. The van der Waals surface area contributed by atoms with Gasteiger partial charge >= 0.3 is 0 Å².